The van der Waals surface area contributed by atoms with Crippen LogP contribution in [0.4, 0.5) is 5.82 Å². The lowest BCUT2D eigenvalue weighted by Gasteiger charge is -2.02. The molecule has 4 nitrogen and oxygen atoms in total. The average molecular weight is 209 g/mol. The Morgan fingerprint density at radius 3 is 2.79 bits per heavy atom. The van der Waals surface area contributed by atoms with Crippen molar-refractivity contribution in [3.8, 4) is 0 Å². The summed E-state index contributed by atoms with van der Waals surface area (Å²) in [5, 5.41) is 2.48. The zero-order valence-corrected chi connectivity index (χ0v) is 8.60. The molecule has 1 aromatic rings. The lowest BCUT2D eigenvalue weighted by molar-refractivity contribution is -0.110. The Labute approximate surface area is 87.5 Å². The topological polar surface area (TPSA) is 68.0 Å². The maximum Gasteiger partial charge on any atom is 0.283 e. The number of nitrogens with one attached hydrogen (secondary N) is 1. The van der Waals surface area contributed by atoms with E-state index in [9.17, 15) is 4.79 Å². The van der Waals surface area contributed by atoms with Crippen LogP contribution in [0, 0.1) is 0 Å². The number of amides is 1. The van der Waals surface area contributed by atoms with E-state index in [0.29, 0.717) is 5.82 Å². The van der Waals surface area contributed by atoms with E-state index >= 15 is 0 Å². The average Bonchev–Trinajstić information content (AvgIpc) is 2.19. The number of aryl methyl sites for hydroxylation is 1. The van der Waals surface area contributed by atoms with Crippen LogP contribution in [0.3, 0.4) is 0 Å². The highest BCUT2D eigenvalue weighted by Crippen LogP contribution is 2.05. The van der Waals surface area contributed by atoms with Crippen LogP contribution in [0.25, 0.3) is 0 Å². The van der Waals surface area contributed by atoms with Crippen molar-refractivity contribution in [2.75, 3.05) is 5.32 Å². The Hall–Kier alpha value is -1.49. The number of nitrogens with two attached hydrogens (primary N) is 1. The summed E-state index contributed by atoms with van der Waals surface area (Å²) in [6.45, 7) is 2.03. The Bertz CT molecular complexity index is 348. The molecule has 0 fully saturated rings. The summed E-state index contributed by atoms with van der Waals surface area (Å²) in [4.78, 5) is 14.9. The van der Waals surface area contributed by atoms with Crippen LogP contribution in [-0.2, 0) is 11.2 Å². The fraction of sp³-hybridized carbons (Fsp3) is 0.222. The predicted molar refractivity (Wildman–Crippen MR) is 59.0 cm³/mol. The first-order valence-electron chi connectivity index (χ1n) is 4.19. The number of carbonyl (C=O) groups is 1. The molecule has 1 rings (SSSR count). The molecular formula is C9H11N3OS. The summed E-state index contributed by atoms with van der Waals surface area (Å²) in [5.74, 6) is -0.0308. The second-order valence-corrected chi connectivity index (χ2v) is 3.16. The van der Waals surface area contributed by atoms with Gasteiger partial charge in [-0.25, -0.2) is 4.98 Å². The van der Waals surface area contributed by atoms with Gasteiger partial charge in [0.25, 0.3) is 5.91 Å². The van der Waals surface area contributed by atoms with Crippen molar-refractivity contribution in [2.45, 2.75) is 13.3 Å². The SMILES string of the molecule is CCc1ccc(NC(=O)C(N)=S)nc1. The molecule has 0 bridgehead atoms. The van der Waals surface area contributed by atoms with Gasteiger partial charge in [-0.1, -0.05) is 25.2 Å². The second kappa shape index (κ2) is 4.66. The minimum Gasteiger partial charge on any atom is -0.385 e. The molecule has 0 aliphatic rings. The minimum absolute atomic E-state index is 0.189. The summed E-state index contributed by atoms with van der Waals surface area (Å²) < 4.78 is 0. The van der Waals surface area contributed by atoms with Crippen molar-refractivity contribution in [1.29, 1.82) is 0 Å². The van der Waals surface area contributed by atoms with Crippen molar-refractivity contribution < 1.29 is 4.79 Å². The van der Waals surface area contributed by atoms with Crippen LogP contribution in [0.15, 0.2) is 18.3 Å². The number of carbonyl (C=O) groups excluding carboxylic acids is 1. The number of thiocarbonyl (C=S) groups is 1. The monoisotopic (exact) mass is 209 g/mol. The first-order chi connectivity index (χ1) is 6.63. The molecule has 0 saturated carbocycles. The summed E-state index contributed by atoms with van der Waals surface area (Å²) in [5.41, 5.74) is 6.24. The van der Waals surface area contributed by atoms with Crippen LogP contribution in [0.1, 0.15) is 12.5 Å². The molecule has 1 heterocycles. The zero-order chi connectivity index (χ0) is 10.6. The van der Waals surface area contributed by atoms with Gasteiger partial charge in [0.2, 0.25) is 0 Å². The first-order valence-corrected chi connectivity index (χ1v) is 4.60. The molecule has 1 aromatic heterocycles. The van der Waals surface area contributed by atoms with Crippen molar-refractivity contribution >= 4 is 28.9 Å². The van der Waals surface area contributed by atoms with Crippen molar-refractivity contribution in [3.05, 3.63) is 23.9 Å². The van der Waals surface area contributed by atoms with Crippen LogP contribution in [0.5, 0.6) is 0 Å². The van der Waals surface area contributed by atoms with E-state index in [2.05, 4.69) is 22.5 Å². The molecule has 0 saturated heterocycles. The maximum atomic E-state index is 11.0. The Morgan fingerprint density at radius 2 is 2.36 bits per heavy atom. The largest absolute Gasteiger partial charge is 0.385 e. The fourth-order valence-corrected chi connectivity index (χ4v) is 0.937. The molecule has 0 spiro atoms. The van der Waals surface area contributed by atoms with Gasteiger partial charge in [0, 0.05) is 6.20 Å². The molecule has 0 atom stereocenters. The van der Waals surface area contributed by atoms with Crippen molar-refractivity contribution in [1.82, 2.24) is 4.98 Å². The number of hydrogen-bond donors (Lipinski definition) is 2. The summed E-state index contributed by atoms with van der Waals surface area (Å²) in [6, 6.07) is 3.61. The lowest BCUT2D eigenvalue weighted by Crippen LogP contribution is -2.28. The number of pyridine rings is 1. The molecule has 5 heteroatoms. The lowest BCUT2D eigenvalue weighted by atomic mass is 10.2. The minimum atomic E-state index is -0.489. The van der Waals surface area contributed by atoms with Gasteiger partial charge in [0.1, 0.15) is 5.82 Å². The molecule has 1 amide bonds. The van der Waals surface area contributed by atoms with Crippen LogP contribution in [0.2, 0.25) is 0 Å². The number of aromatic nitrogens is 1. The van der Waals surface area contributed by atoms with E-state index in [4.69, 9.17) is 5.73 Å². The van der Waals surface area contributed by atoms with Gasteiger partial charge in [0.05, 0.1) is 0 Å². The standard InChI is InChI=1S/C9H11N3OS/c1-2-6-3-4-7(11-5-6)12-9(13)8(10)14/h3-5H,2H2,1H3,(H2,10,14)(H,11,12,13). The van der Waals surface area contributed by atoms with E-state index in [0.717, 1.165) is 12.0 Å². The second-order valence-electron chi connectivity index (χ2n) is 2.72. The Morgan fingerprint density at radius 1 is 1.64 bits per heavy atom. The van der Waals surface area contributed by atoms with E-state index in [1.807, 2.05) is 13.0 Å². The fourth-order valence-electron chi connectivity index (χ4n) is 0.885. The van der Waals surface area contributed by atoms with Gasteiger partial charge >= 0.3 is 0 Å². The number of nitrogens with zero attached hydrogens (tertiary/aromatic N) is 1. The van der Waals surface area contributed by atoms with Gasteiger partial charge < -0.3 is 11.1 Å². The van der Waals surface area contributed by atoms with Crippen LogP contribution < -0.4 is 11.1 Å². The van der Waals surface area contributed by atoms with E-state index < -0.39 is 5.91 Å². The van der Waals surface area contributed by atoms with E-state index in [1.165, 1.54) is 0 Å². The highest BCUT2D eigenvalue weighted by atomic mass is 32.1. The van der Waals surface area contributed by atoms with Crippen molar-refractivity contribution in [2.24, 2.45) is 5.73 Å². The predicted octanol–water partition coefficient (Wildman–Crippen LogP) is 0.869. The van der Waals surface area contributed by atoms with Crippen molar-refractivity contribution in [3.63, 3.8) is 0 Å². The van der Waals surface area contributed by atoms with Crippen LogP contribution in [-0.4, -0.2) is 15.9 Å². The number of rotatable bonds is 2. The zero-order valence-electron chi connectivity index (χ0n) is 7.78. The maximum absolute atomic E-state index is 11.0. The van der Waals surface area contributed by atoms with E-state index in [1.54, 1.807) is 12.3 Å². The van der Waals surface area contributed by atoms with Gasteiger partial charge in [-0.15, -0.1) is 0 Å². The third-order valence-electron chi connectivity index (χ3n) is 1.70. The van der Waals surface area contributed by atoms with E-state index in [-0.39, 0.29) is 4.99 Å². The molecule has 0 aromatic carbocycles. The molecule has 0 radical (unpaired) electrons. The quantitative estimate of drug-likeness (QED) is 0.709. The molecular weight excluding hydrogens is 198 g/mol. The summed E-state index contributed by atoms with van der Waals surface area (Å²) >= 11 is 4.50. The normalized spacial score (nSPS) is 9.50. The molecule has 0 aliphatic heterocycles. The third-order valence-corrected chi connectivity index (χ3v) is 1.88. The molecule has 74 valence electrons. The van der Waals surface area contributed by atoms with Gasteiger partial charge in [-0.3, -0.25) is 4.79 Å². The smallest absolute Gasteiger partial charge is 0.283 e. The third kappa shape index (κ3) is 2.77. The highest BCUT2D eigenvalue weighted by molar-refractivity contribution is 7.82. The molecule has 14 heavy (non-hydrogen) atoms. The molecule has 0 unspecified atom stereocenters. The summed E-state index contributed by atoms with van der Waals surface area (Å²) in [6.07, 6.45) is 2.62. The number of hydrogen-bond acceptors (Lipinski definition) is 3. The Kier molecular flexibility index (Phi) is 3.53. The van der Waals surface area contributed by atoms with Gasteiger partial charge in [-0.2, -0.15) is 0 Å². The van der Waals surface area contributed by atoms with Gasteiger partial charge in [0.15, 0.2) is 4.99 Å². The molecule has 3 N–H and O–H groups in total. The summed E-state index contributed by atoms with van der Waals surface area (Å²) in [7, 11) is 0. The number of anilines is 1. The first kappa shape index (κ1) is 10.6. The van der Waals surface area contributed by atoms with Gasteiger partial charge in [-0.05, 0) is 18.1 Å². The highest BCUT2D eigenvalue weighted by Gasteiger charge is 2.04. The Balaban J connectivity index is 2.69. The van der Waals surface area contributed by atoms with Crippen LogP contribution >= 0.6 is 12.2 Å². The molecule has 0 aliphatic carbocycles.